The van der Waals surface area contributed by atoms with Crippen LogP contribution in [0.3, 0.4) is 0 Å². The van der Waals surface area contributed by atoms with Gasteiger partial charge < -0.3 is 10.1 Å². The lowest BCUT2D eigenvalue weighted by atomic mass is 10.0. The van der Waals surface area contributed by atoms with Crippen LogP contribution >= 0.6 is 0 Å². The summed E-state index contributed by atoms with van der Waals surface area (Å²) >= 11 is 0. The van der Waals surface area contributed by atoms with Crippen LogP contribution in [0, 0.1) is 0 Å². The fourth-order valence-corrected chi connectivity index (χ4v) is 1.88. The summed E-state index contributed by atoms with van der Waals surface area (Å²) in [6.07, 6.45) is 6.79. The second-order valence-electron chi connectivity index (χ2n) is 3.65. The van der Waals surface area contributed by atoms with Gasteiger partial charge in [-0.25, -0.2) is 0 Å². The lowest BCUT2D eigenvalue weighted by Crippen LogP contribution is -2.29. The molecule has 72 valence electrons. The van der Waals surface area contributed by atoms with Crippen LogP contribution in [0.25, 0.3) is 0 Å². The molecule has 0 saturated carbocycles. The second-order valence-corrected chi connectivity index (χ2v) is 3.65. The number of ether oxygens (including phenoxy) is 1. The highest BCUT2D eigenvalue weighted by atomic mass is 16.5. The molecule has 2 atom stereocenters. The first kappa shape index (κ1) is 10.0. The zero-order chi connectivity index (χ0) is 8.81. The Hall–Kier alpha value is -0.0800. The third-order valence-electron chi connectivity index (χ3n) is 2.62. The molecular weight excluding hydrogens is 150 g/mol. The van der Waals surface area contributed by atoms with Gasteiger partial charge in [-0.2, -0.15) is 0 Å². The molecule has 1 rings (SSSR count). The van der Waals surface area contributed by atoms with Crippen molar-refractivity contribution in [3.05, 3.63) is 0 Å². The Labute approximate surface area is 75.7 Å². The molecule has 2 unspecified atom stereocenters. The van der Waals surface area contributed by atoms with Gasteiger partial charge in [-0.1, -0.05) is 13.3 Å². The first-order valence-corrected chi connectivity index (χ1v) is 5.15. The van der Waals surface area contributed by atoms with E-state index in [9.17, 15) is 0 Å². The van der Waals surface area contributed by atoms with Gasteiger partial charge in [0.15, 0.2) is 0 Å². The monoisotopic (exact) mass is 171 g/mol. The van der Waals surface area contributed by atoms with Gasteiger partial charge in [0, 0.05) is 12.6 Å². The van der Waals surface area contributed by atoms with Crippen LogP contribution < -0.4 is 5.32 Å². The largest absolute Gasteiger partial charge is 0.378 e. The molecule has 2 heteroatoms. The molecule has 12 heavy (non-hydrogen) atoms. The van der Waals surface area contributed by atoms with Gasteiger partial charge in [0.25, 0.3) is 0 Å². The normalized spacial score (nSPS) is 26.0. The lowest BCUT2D eigenvalue weighted by molar-refractivity contribution is 0.0944. The quantitative estimate of drug-likeness (QED) is 0.682. The second kappa shape index (κ2) is 5.55. The van der Waals surface area contributed by atoms with Crippen LogP contribution in [0.4, 0.5) is 0 Å². The van der Waals surface area contributed by atoms with Crippen LogP contribution in [0.15, 0.2) is 0 Å². The van der Waals surface area contributed by atoms with Crippen LogP contribution in [0.2, 0.25) is 0 Å². The molecule has 1 saturated heterocycles. The zero-order valence-corrected chi connectivity index (χ0v) is 8.31. The summed E-state index contributed by atoms with van der Waals surface area (Å²) in [7, 11) is 2.05. The molecule has 0 aromatic rings. The zero-order valence-electron chi connectivity index (χ0n) is 8.31. The average Bonchev–Trinajstić information content (AvgIpc) is 2.56. The van der Waals surface area contributed by atoms with Gasteiger partial charge in [-0.05, 0) is 32.7 Å². The smallest absolute Gasteiger partial charge is 0.0590 e. The van der Waals surface area contributed by atoms with Gasteiger partial charge in [-0.15, -0.1) is 0 Å². The third kappa shape index (κ3) is 3.11. The van der Waals surface area contributed by atoms with Crippen molar-refractivity contribution in [2.24, 2.45) is 0 Å². The first-order valence-electron chi connectivity index (χ1n) is 5.15. The summed E-state index contributed by atoms with van der Waals surface area (Å²) in [6.45, 7) is 3.22. The van der Waals surface area contributed by atoms with E-state index in [2.05, 4.69) is 19.3 Å². The van der Waals surface area contributed by atoms with Gasteiger partial charge >= 0.3 is 0 Å². The van der Waals surface area contributed by atoms with E-state index in [0.717, 1.165) is 6.61 Å². The summed E-state index contributed by atoms with van der Waals surface area (Å²) in [5.74, 6) is 0. The van der Waals surface area contributed by atoms with E-state index in [1.54, 1.807) is 0 Å². The Balaban J connectivity index is 2.16. The van der Waals surface area contributed by atoms with Crippen molar-refractivity contribution in [1.82, 2.24) is 5.32 Å². The maximum Gasteiger partial charge on any atom is 0.0590 e. The Morgan fingerprint density at radius 3 is 2.92 bits per heavy atom. The molecule has 1 aliphatic rings. The molecule has 0 aliphatic carbocycles. The van der Waals surface area contributed by atoms with Gasteiger partial charge in [0.05, 0.1) is 6.10 Å². The summed E-state index contributed by atoms with van der Waals surface area (Å²) < 4.78 is 5.59. The van der Waals surface area contributed by atoms with E-state index in [0.29, 0.717) is 12.1 Å². The Morgan fingerprint density at radius 1 is 1.58 bits per heavy atom. The maximum absolute atomic E-state index is 5.59. The number of rotatable bonds is 5. The van der Waals surface area contributed by atoms with E-state index in [4.69, 9.17) is 4.74 Å². The molecular formula is C10H21NO. The Bertz CT molecular complexity index is 110. The van der Waals surface area contributed by atoms with E-state index in [-0.39, 0.29) is 0 Å². The third-order valence-corrected chi connectivity index (χ3v) is 2.62. The van der Waals surface area contributed by atoms with Crippen molar-refractivity contribution in [1.29, 1.82) is 0 Å². The van der Waals surface area contributed by atoms with Crippen LogP contribution in [-0.4, -0.2) is 25.8 Å². The number of hydrogen-bond acceptors (Lipinski definition) is 2. The summed E-state index contributed by atoms with van der Waals surface area (Å²) in [4.78, 5) is 0. The van der Waals surface area contributed by atoms with Crippen molar-refractivity contribution in [2.45, 2.75) is 51.2 Å². The highest BCUT2D eigenvalue weighted by Gasteiger charge is 2.18. The molecule has 0 radical (unpaired) electrons. The van der Waals surface area contributed by atoms with E-state index in [1.165, 1.54) is 32.1 Å². The molecule has 1 aliphatic heterocycles. The van der Waals surface area contributed by atoms with E-state index >= 15 is 0 Å². The fourth-order valence-electron chi connectivity index (χ4n) is 1.88. The molecule has 0 spiro atoms. The van der Waals surface area contributed by atoms with Crippen molar-refractivity contribution in [2.75, 3.05) is 13.7 Å². The Morgan fingerprint density at radius 2 is 2.42 bits per heavy atom. The molecule has 0 bridgehead atoms. The highest BCUT2D eigenvalue weighted by Crippen LogP contribution is 2.18. The highest BCUT2D eigenvalue weighted by molar-refractivity contribution is 4.73. The standard InChI is InChI=1S/C10H21NO/c1-3-5-9(11-2)8-10-6-4-7-12-10/h9-11H,3-8H2,1-2H3. The SMILES string of the molecule is CCCC(CC1CCCO1)NC. The summed E-state index contributed by atoms with van der Waals surface area (Å²) in [5, 5.41) is 3.35. The van der Waals surface area contributed by atoms with E-state index in [1.807, 2.05) is 0 Å². The lowest BCUT2D eigenvalue weighted by Gasteiger charge is -2.18. The van der Waals surface area contributed by atoms with Crippen LogP contribution in [0.1, 0.15) is 39.0 Å². The van der Waals surface area contributed by atoms with Crippen molar-refractivity contribution in [3.8, 4) is 0 Å². The van der Waals surface area contributed by atoms with E-state index < -0.39 is 0 Å². The molecule has 0 aromatic carbocycles. The van der Waals surface area contributed by atoms with Gasteiger partial charge in [0.2, 0.25) is 0 Å². The van der Waals surface area contributed by atoms with Crippen molar-refractivity contribution < 1.29 is 4.74 Å². The van der Waals surface area contributed by atoms with Crippen LogP contribution in [0.5, 0.6) is 0 Å². The maximum atomic E-state index is 5.59. The molecule has 0 aromatic heterocycles. The van der Waals surface area contributed by atoms with Crippen LogP contribution in [-0.2, 0) is 4.74 Å². The minimum Gasteiger partial charge on any atom is -0.378 e. The Kier molecular flexibility index (Phi) is 4.62. The molecule has 2 nitrogen and oxygen atoms in total. The predicted molar refractivity (Wildman–Crippen MR) is 51.3 cm³/mol. The number of nitrogens with one attached hydrogen (secondary N) is 1. The topological polar surface area (TPSA) is 21.3 Å². The number of hydrogen-bond donors (Lipinski definition) is 1. The van der Waals surface area contributed by atoms with Gasteiger partial charge in [-0.3, -0.25) is 0 Å². The van der Waals surface area contributed by atoms with Crippen molar-refractivity contribution in [3.63, 3.8) is 0 Å². The molecule has 1 heterocycles. The predicted octanol–water partition coefficient (Wildman–Crippen LogP) is 1.94. The molecule has 1 N–H and O–H groups in total. The minimum absolute atomic E-state index is 0.536. The average molecular weight is 171 g/mol. The van der Waals surface area contributed by atoms with Crippen molar-refractivity contribution >= 4 is 0 Å². The molecule has 0 amide bonds. The summed E-state index contributed by atoms with van der Waals surface area (Å²) in [5.41, 5.74) is 0. The first-order chi connectivity index (χ1) is 5.86. The molecule has 1 fully saturated rings. The minimum atomic E-state index is 0.536. The fraction of sp³-hybridized carbons (Fsp3) is 1.00. The summed E-state index contributed by atoms with van der Waals surface area (Å²) in [6, 6.07) is 0.665. The van der Waals surface area contributed by atoms with Gasteiger partial charge in [0.1, 0.15) is 0 Å².